The molecule has 2 rings (SSSR count). The number of methoxy groups -OCH3 is 2. The maximum atomic E-state index is 11.9. The molecule has 8 nitrogen and oxygen atoms in total. The van der Waals surface area contributed by atoms with Gasteiger partial charge in [0.2, 0.25) is 0 Å². The molecule has 0 aliphatic rings. The topological polar surface area (TPSA) is 105 Å². The highest BCUT2D eigenvalue weighted by atomic mass is 16.5. The molecule has 0 aliphatic carbocycles. The molecule has 0 N–H and O–H groups in total. The first-order valence-electron chi connectivity index (χ1n) is 11.1. The predicted octanol–water partition coefficient (Wildman–Crippen LogP) is 4.86. The first kappa shape index (κ1) is 28.4. The van der Waals surface area contributed by atoms with Crippen molar-refractivity contribution in [3.05, 3.63) is 70.8 Å². The SMILES string of the molecule is CCCCOC(=O)c1ccccc1C(=O)OCCCC.COC(=O)c1ccccc1C(=O)OC. The molecule has 8 heteroatoms. The summed E-state index contributed by atoms with van der Waals surface area (Å²) < 4.78 is 19.3. The lowest BCUT2D eigenvalue weighted by Gasteiger charge is -2.09. The van der Waals surface area contributed by atoms with E-state index in [2.05, 4.69) is 9.47 Å². The van der Waals surface area contributed by atoms with Crippen LogP contribution in [-0.4, -0.2) is 51.3 Å². The Balaban J connectivity index is 0.000000362. The van der Waals surface area contributed by atoms with E-state index in [9.17, 15) is 19.2 Å². The van der Waals surface area contributed by atoms with Crippen LogP contribution in [0.25, 0.3) is 0 Å². The molecule has 0 bridgehead atoms. The average molecular weight is 473 g/mol. The minimum Gasteiger partial charge on any atom is -0.465 e. The molecular formula is C26H32O8. The minimum absolute atomic E-state index is 0.210. The standard InChI is InChI=1S/C16H22O4.C10H10O4/c1-3-5-11-19-15(17)13-9-7-8-10-14(13)16(18)20-12-6-4-2;1-13-9(11)7-5-3-4-6-8(7)10(12)14-2/h7-10H,3-6,11-12H2,1-2H3;3-6H,1-2H3. The van der Waals surface area contributed by atoms with E-state index < -0.39 is 23.9 Å². The van der Waals surface area contributed by atoms with E-state index in [-0.39, 0.29) is 22.3 Å². The highest BCUT2D eigenvalue weighted by Gasteiger charge is 2.19. The summed E-state index contributed by atoms with van der Waals surface area (Å²) in [5, 5.41) is 0. The number of unbranched alkanes of at least 4 members (excludes halogenated alkanes) is 2. The Labute approximate surface area is 200 Å². The molecular weight excluding hydrogens is 440 g/mol. The maximum Gasteiger partial charge on any atom is 0.339 e. The van der Waals surface area contributed by atoms with Gasteiger partial charge in [-0.25, -0.2) is 19.2 Å². The van der Waals surface area contributed by atoms with Gasteiger partial charge in [-0.1, -0.05) is 51.0 Å². The zero-order valence-electron chi connectivity index (χ0n) is 20.1. The Kier molecular flexibility index (Phi) is 13.4. The first-order chi connectivity index (χ1) is 16.4. The second-order valence-electron chi connectivity index (χ2n) is 7.05. The van der Waals surface area contributed by atoms with Crippen LogP contribution in [0.15, 0.2) is 48.5 Å². The van der Waals surface area contributed by atoms with Crippen LogP contribution >= 0.6 is 0 Å². The van der Waals surface area contributed by atoms with Crippen molar-refractivity contribution in [3.63, 3.8) is 0 Å². The van der Waals surface area contributed by atoms with Crippen molar-refractivity contribution in [2.24, 2.45) is 0 Å². The molecule has 0 fully saturated rings. The van der Waals surface area contributed by atoms with Crippen LogP contribution in [0.5, 0.6) is 0 Å². The third-order valence-corrected chi connectivity index (χ3v) is 4.57. The zero-order chi connectivity index (χ0) is 25.3. The number of ether oxygens (including phenoxy) is 4. The van der Waals surface area contributed by atoms with Gasteiger partial charge < -0.3 is 18.9 Å². The van der Waals surface area contributed by atoms with Crippen molar-refractivity contribution < 1.29 is 38.1 Å². The number of hydrogen-bond acceptors (Lipinski definition) is 8. The van der Waals surface area contributed by atoms with Crippen LogP contribution in [0.2, 0.25) is 0 Å². The molecule has 0 spiro atoms. The second kappa shape index (κ2) is 16.0. The molecule has 2 aromatic carbocycles. The molecule has 0 amide bonds. The quantitative estimate of drug-likeness (QED) is 0.274. The number of benzene rings is 2. The van der Waals surface area contributed by atoms with Crippen molar-refractivity contribution in [2.75, 3.05) is 27.4 Å². The highest BCUT2D eigenvalue weighted by Crippen LogP contribution is 2.13. The molecule has 184 valence electrons. The first-order valence-corrected chi connectivity index (χ1v) is 11.1. The second-order valence-corrected chi connectivity index (χ2v) is 7.05. The summed E-state index contributed by atoms with van der Waals surface area (Å²) >= 11 is 0. The van der Waals surface area contributed by atoms with Crippen LogP contribution in [0.1, 0.15) is 81.0 Å². The van der Waals surface area contributed by atoms with Crippen LogP contribution in [0.4, 0.5) is 0 Å². The Morgan fingerprint density at radius 1 is 0.559 bits per heavy atom. The molecule has 0 aliphatic heterocycles. The summed E-state index contributed by atoms with van der Waals surface area (Å²) in [7, 11) is 2.52. The monoisotopic (exact) mass is 472 g/mol. The number of carbonyl (C=O) groups excluding carboxylic acids is 4. The molecule has 0 radical (unpaired) electrons. The van der Waals surface area contributed by atoms with Crippen molar-refractivity contribution >= 4 is 23.9 Å². The van der Waals surface area contributed by atoms with Gasteiger partial charge >= 0.3 is 23.9 Å². The molecule has 0 heterocycles. The van der Waals surface area contributed by atoms with E-state index in [0.717, 1.165) is 25.7 Å². The van der Waals surface area contributed by atoms with Gasteiger partial charge in [0.1, 0.15) is 0 Å². The fourth-order valence-corrected chi connectivity index (χ4v) is 2.67. The highest BCUT2D eigenvalue weighted by molar-refractivity contribution is 6.03. The molecule has 34 heavy (non-hydrogen) atoms. The Morgan fingerprint density at radius 3 is 1.12 bits per heavy atom. The largest absolute Gasteiger partial charge is 0.465 e. The molecule has 0 saturated heterocycles. The Morgan fingerprint density at radius 2 is 0.853 bits per heavy atom. The van der Waals surface area contributed by atoms with Crippen molar-refractivity contribution in [2.45, 2.75) is 39.5 Å². The number of hydrogen-bond donors (Lipinski definition) is 0. The predicted molar refractivity (Wildman–Crippen MR) is 126 cm³/mol. The third-order valence-electron chi connectivity index (χ3n) is 4.57. The van der Waals surface area contributed by atoms with E-state index in [0.29, 0.717) is 13.2 Å². The molecule has 0 atom stereocenters. The zero-order valence-corrected chi connectivity index (χ0v) is 20.1. The molecule has 2 aromatic rings. The summed E-state index contributed by atoms with van der Waals surface area (Å²) in [6.07, 6.45) is 3.53. The number of rotatable bonds is 10. The smallest absolute Gasteiger partial charge is 0.339 e. The minimum atomic E-state index is -0.550. The molecule has 0 aromatic heterocycles. The Bertz CT molecular complexity index is 875. The van der Waals surface area contributed by atoms with Crippen LogP contribution in [-0.2, 0) is 18.9 Å². The normalized spacial score (nSPS) is 9.76. The summed E-state index contributed by atoms with van der Waals surface area (Å²) in [4.78, 5) is 46.3. The van der Waals surface area contributed by atoms with E-state index >= 15 is 0 Å². The van der Waals surface area contributed by atoms with Gasteiger partial charge in [0.05, 0.1) is 49.7 Å². The molecule has 0 saturated carbocycles. The van der Waals surface area contributed by atoms with Gasteiger partial charge in [-0.15, -0.1) is 0 Å². The summed E-state index contributed by atoms with van der Waals surface area (Å²) in [5.74, 6) is -2.04. The van der Waals surface area contributed by atoms with Gasteiger partial charge in [-0.2, -0.15) is 0 Å². The van der Waals surface area contributed by atoms with E-state index in [1.54, 1.807) is 36.4 Å². The van der Waals surface area contributed by atoms with Gasteiger partial charge in [0.25, 0.3) is 0 Å². The summed E-state index contributed by atoms with van der Waals surface area (Å²) in [6.45, 7) is 4.78. The van der Waals surface area contributed by atoms with Gasteiger partial charge in [-0.05, 0) is 37.1 Å². The van der Waals surface area contributed by atoms with Crippen molar-refractivity contribution in [3.8, 4) is 0 Å². The summed E-state index contributed by atoms with van der Waals surface area (Å²) in [5.41, 5.74) is 0.957. The maximum absolute atomic E-state index is 11.9. The van der Waals surface area contributed by atoms with Crippen molar-refractivity contribution in [1.29, 1.82) is 0 Å². The number of esters is 4. The van der Waals surface area contributed by atoms with Crippen LogP contribution in [0.3, 0.4) is 0 Å². The lowest BCUT2D eigenvalue weighted by atomic mass is 10.1. The average Bonchev–Trinajstić information content (AvgIpc) is 2.88. The third kappa shape index (κ3) is 9.05. The van der Waals surface area contributed by atoms with Gasteiger partial charge in [-0.3, -0.25) is 0 Å². The van der Waals surface area contributed by atoms with E-state index in [4.69, 9.17) is 9.47 Å². The van der Waals surface area contributed by atoms with Crippen LogP contribution < -0.4 is 0 Å². The summed E-state index contributed by atoms with van der Waals surface area (Å²) in [6, 6.07) is 12.9. The molecule has 0 unspecified atom stereocenters. The fourth-order valence-electron chi connectivity index (χ4n) is 2.67. The van der Waals surface area contributed by atoms with E-state index in [1.165, 1.54) is 26.4 Å². The lowest BCUT2D eigenvalue weighted by Crippen LogP contribution is -2.14. The van der Waals surface area contributed by atoms with Crippen LogP contribution in [0, 0.1) is 0 Å². The fraction of sp³-hybridized carbons (Fsp3) is 0.385. The number of carbonyl (C=O) groups is 4. The van der Waals surface area contributed by atoms with Gasteiger partial charge in [0, 0.05) is 0 Å². The Hall–Kier alpha value is -3.68. The van der Waals surface area contributed by atoms with E-state index in [1.807, 2.05) is 13.8 Å². The van der Waals surface area contributed by atoms with Gasteiger partial charge in [0.15, 0.2) is 0 Å². The van der Waals surface area contributed by atoms with Crippen molar-refractivity contribution in [1.82, 2.24) is 0 Å². The lowest BCUT2D eigenvalue weighted by molar-refractivity contribution is 0.0452.